The van der Waals surface area contributed by atoms with Gasteiger partial charge in [-0.15, -0.1) is 32.9 Å². The van der Waals surface area contributed by atoms with Gasteiger partial charge < -0.3 is 0 Å². The fourth-order valence-corrected chi connectivity index (χ4v) is 6.19. The molecule has 0 aliphatic carbocycles. The maximum absolute atomic E-state index is 4.84. The third kappa shape index (κ3) is 4.68. The van der Waals surface area contributed by atoms with Crippen molar-refractivity contribution >= 4 is 34.4 Å². The van der Waals surface area contributed by atoms with Crippen LogP contribution in [0.4, 0.5) is 0 Å². The summed E-state index contributed by atoms with van der Waals surface area (Å²) in [5.41, 5.74) is 4.70. The molecule has 0 saturated heterocycles. The van der Waals surface area contributed by atoms with E-state index in [-0.39, 0.29) is 0 Å². The highest BCUT2D eigenvalue weighted by Gasteiger charge is 2.18. The summed E-state index contributed by atoms with van der Waals surface area (Å²) in [7, 11) is 0. The highest BCUT2D eigenvalue weighted by atomic mass is 32.2. The number of thioether (sulfide) groups is 1. The number of rotatable bonds is 8. The van der Waals surface area contributed by atoms with E-state index in [0.29, 0.717) is 6.04 Å². The Morgan fingerprint density at radius 3 is 2.70 bits per heavy atom. The lowest BCUT2D eigenvalue weighted by molar-refractivity contribution is 0.555. The zero-order valence-corrected chi connectivity index (χ0v) is 20.2. The molecular weight excluding hydrogens is 428 g/mol. The summed E-state index contributed by atoms with van der Waals surface area (Å²) >= 11 is 5.22. The first kappa shape index (κ1) is 21.3. The summed E-state index contributed by atoms with van der Waals surface area (Å²) in [6.45, 7) is 8.71. The Morgan fingerprint density at radius 2 is 1.93 bits per heavy atom. The molecule has 0 fully saturated rings. The summed E-state index contributed by atoms with van der Waals surface area (Å²) < 4.78 is 2.25. The van der Waals surface area contributed by atoms with Crippen molar-refractivity contribution in [3.8, 4) is 22.0 Å². The molecule has 4 aromatic rings. The van der Waals surface area contributed by atoms with Gasteiger partial charge in [-0.25, -0.2) is 4.98 Å². The molecule has 3 heterocycles. The molecule has 0 amide bonds. The van der Waals surface area contributed by atoms with Gasteiger partial charge in [0.05, 0.1) is 5.69 Å². The Labute approximate surface area is 190 Å². The van der Waals surface area contributed by atoms with E-state index in [1.54, 1.807) is 23.1 Å². The smallest absolute Gasteiger partial charge is 0.192 e. The first-order valence-corrected chi connectivity index (χ1v) is 13.0. The SMILES string of the molecule is CCCc1cc(-c2nnc(SCc3csc(-c4cccc(C)c4)n3)n2C(C)C)cs1. The normalized spacial score (nSPS) is 11.5. The zero-order chi connectivity index (χ0) is 21.1. The molecule has 1 aromatic carbocycles. The van der Waals surface area contributed by atoms with E-state index >= 15 is 0 Å². The summed E-state index contributed by atoms with van der Waals surface area (Å²) in [4.78, 5) is 6.25. The second-order valence-corrected chi connectivity index (χ2v) is 10.4. The molecule has 30 heavy (non-hydrogen) atoms. The molecule has 0 spiro atoms. The van der Waals surface area contributed by atoms with Gasteiger partial charge in [0.2, 0.25) is 0 Å². The third-order valence-electron chi connectivity index (χ3n) is 4.76. The van der Waals surface area contributed by atoms with Crippen LogP contribution in [0, 0.1) is 6.92 Å². The summed E-state index contributed by atoms with van der Waals surface area (Å²) in [6.07, 6.45) is 2.28. The molecule has 3 aromatic heterocycles. The fourth-order valence-electron chi connectivity index (χ4n) is 3.34. The van der Waals surface area contributed by atoms with Crippen LogP contribution in [0.5, 0.6) is 0 Å². The van der Waals surface area contributed by atoms with Gasteiger partial charge in [0.1, 0.15) is 5.01 Å². The zero-order valence-electron chi connectivity index (χ0n) is 17.8. The van der Waals surface area contributed by atoms with Gasteiger partial charge in [-0.05, 0) is 39.3 Å². The minimum atomic E-state index is 0.297. The molecule has 0 radical (unpaired) electrons. The topological polar surface area (TPSA) is 43.6 Å². The predicted octanol–water partition coefficient (Wildman–Crippen LogP) is 7.26. The third-order valence-corrected chi connectivity index (χ3v) is 7.67. The Bertz CT molecular complexity index is 1120. The highest BCUT2D eigenvalue weighted by molar-refractivity contribution is 7.98. The van der Waals surface area contributed by atoms with Crippen molar-refractivity contribution in [1.29, 1.82) is 0 Å². The molecule has 0 bridgehead atoms. The van der Waals surface area contributed by atoms with Crippen molar-refractivity contribution in [2.45, 2.75) is 57.5 Å². The van der Waals surface area contributed by atoms with Crippen LogP contribution in [0.25, 0.3) is 22.0 Å². The van der Waals surface area contributed by atoms with E-state index in [4.69, 9.17) is 4.98 Å². The van der Waals surface area contributed by atoms with Crippen LogP contribution in [-0.4, -0.2) is 19.7 Å². The standard InChI is InChI=1S/C23H26N4S3/c1-5-7-20-11-18(12-28-20)21-25-26-23(27(21)15(2)3)30-14-19-13-29-22(24-19)17-9-6-8-16(4)10-17/h6,8-13,15H,5,7,14H2,1-4H3. The van der Waals surface area contributed by atoms with Crippen molar-refractivity contribution in [3.05, 3.63) is 57.2 Å². The van der Waals surface area contributed by atoms with Crippen LogP contribution >= 0.6 is 34.4 Å². The summed E-state index contributed by atoms with van der Waals surface area (Å²) in [5.74, 6) is 1.75. The molecule has 0 unspecified atom stereocenters. The maximum Gasteiger partial charge on any atom is 0.192 e. The van der Waals surface area contributed by atoms with Gasteiger partial charge in [-0.3, -0.25) is 4.57 Å². The number of aromatic nitrogens is 4. The summed E-state index contributed by atoms with van der Waals surface area (Å²) in [5, 5.41) is 15.4. The molecule has 0 atom stereocenters. The first-order valence-electron chi connectivity index (χ1n) is 10.2. The van der Waals surface area contributed by atoms with Gasteiger partial charge >= 0.3 is 0 Å². The second kappa shape index (κ2) is 9.45. The second-order valence-electron chi connectivity index (χ2n) is 7.62. The Balaban J connectivity index is 1.52. The average Bonchev–Trinajstić information content (AvgIpc) is 3.45. The van der Waals surface area contributed by atoms with Crippen molar-refractivity contribution in [2.24, 2.45) is 0 Å². The molecular formula is C23H26N4S3. The van der Waals surface area contributed by atoms with Crippen molar-refractivity contribution in [2.75, 3.05) is 0 Å². The minimum Gasteiger partial charge on any atom is -0.299 e. The fraction of sp³-hybridized carbons (Fsp3) is 0.348. The van der Waals surface area contributed by atoms with E-state index in [9.17, 15) is 0 Å². The number of thiazole rings is 1. The number of thiophene rings is 1. The minimum absolute atomic E-state index is 0.297. The van der Waals surface area contributed by atoms with Crippen LogP contribution in [0.3, 0.4) is 0 Å². The molecule has 156 valence electrons. The van der Waals surface area contributed by atoms with Gasteiger partial charge in [0.25, 0.3) is 0 Å². The maximum atomic E-state index is 4.84. The molecule has 4 rings (SSSR count). The largest absolute Gasteiger partial charge is 0.299 e. The van der Waals surface area contributed by atoms with Crippen molar-refractivity contribution in [1.82, 2.24) is 19.7 Å². The van der Waals surface area contributed by atoms with Crippen LogP contribution in [0.15, 0.2) is 46.2 Å². The Kier molecular flexibility index (Phi) is 6.71. The molecule has 7 heteroatoms. The average molecular weight is 455 g/mol. The van der Waals surface area contributed by atoms with Crippen LogP contribution in [0.2, 0.25) is 0 Å². The van der Waals surface area contributed by atoms with Gasteiger partial charge in [-0.2, -0.15) is 0 Å². The van der Waals surface area contributed by atoms with Gasteiger partial charge in [0, 0.05) is 38.6 Å². The van der Waals surface area contributed by atoms with E-state index in [0.717, 1.165) is 40.3 Å². The number of benzene rings is 1. The summed E-state index contributed by atoms with van der Waals surface area (Å²) in [6, 6.07) is 11.1. The lowest BCUT2D eigenvalue weighted by atomic mass is 10.1. The highest BCUT2D eigenvalue weighted by Crippen LogP contribution is 2.33. The van der Waals surface area contributed by atoms with Crippen LogP contribution in [-0.2, 0) is 12.2 Å². The van der Waals surface area contributed by atoms with Crippen molar-refractivity contribution < 1.29 is 0 Å². The lowest BCUT2D eigenvalue weighted by Gasteiger charge is -2.12. The predicted molar refractivity (Wildman–Crippen MR) is 130 cm³/mol. The molecule has 0 saturated carbocycles. The molecule has 0 N–H and O–H groups in total. The Morgan fingerprint density at radius 1 is 1.07 bits per heavy atom. The number of hydrogen-bond acceptors (Lipinski definition) is 6. The monoisotopic (exact) mass is 454 g/mol. The Hall–Kier alpha value is -1.96. The molecule has 4 nitrogen and oxygen atoms in total. The first-order chi connectivity index (χ1) is 14.5. The quantitative estimate of drug-likeness (QED) is 0.263. The number of aryl methyl sites for hydroxylation is 2. The van der Waals surface area contributed by atoms with Gasteiger partial charge in [0.15, 0.2) is 11.0 Å². The number of nitrogens with zero attached hydrogens (tertiary/aromatic N) is 4. The van der Waals surface area contributed by atoms with E-state index in [2.05, 4.69) is 83.6 Å². The van der Waals surface area contributed by atoms with Crippen LogP contribution < -0.4 is 0 Å². The van der Waals surface area contributed by atoms with E-state index in [1.165, 1.54) is 21.6 Å². The van der Waals surface area contributed by atoms with E-state index < -0.39 is 0 Å². The number of hydrogen-bond donors (Lipinski definition) is 0. The van der Waals surface area contributed by atoms with E-state index in [1.807, 2.05) is 11.3 Å². The van der Waals surface area contributed by atoms with Crippen molar-refractivity contribution in [3.63, 3.8) is 0 Å². The van der Waals surface area contributed by atoms with Crippen LogP contribution in [0.1, 0.15) is 49.4 Å². The molecule has 0 aliphatic heterocycles. The molecule has 0 aliphatic rings. The lowest BCUT2D eigenvalue weighted by Crippen LogP contribution is -2.04. The van der Waals surface area contributed by atoms with Gasteiger partial charge in [-0.1, -0.05) is 48.9 Å².